The topological polar surface area (TPSA) is 375 Å². The number of aryl methyl sites for hydroxylation is 1. The van der Waals surface area contributed by atoms with E-state index in [0.29, 0.717) is 59.2 Å². The van der Waals surface area contributed by atoms with Crippen LogP contribution in [0.15, 0.2) is 106 Å². The molecule has 3 fully saturated rings. The van der Waals surface area contributed by atoms with E-state index in [0.717, 1.165) is 131 Å². The van der Waals surface area contributed by atoms with Crippen LogP contribution < -0.4 is 25.4 Å². The number of carbonyl (C=O) groups excluding carboxylic acids is 7. The highest BCUT2D eigenvalue weighted by atomic mass is 35.5. The molecule has 0 bridgehead atoms. The standard InChI is InChI=1S/C18H23NO6S.C18H17NO3S.C16H17Cl2NO4S.C16H20N2O4S.C7H15NO2/c1-11(20)26-17-14(8-13(24-2)9-15(17)25-3)18(23)19(10-16(21)22)12-6-4-5-7-12;1-12-7-9-14(10-8-12)19(11-17(21)22)18(23)16-6-4-3-5-15(16)13(2)20;1-9(20)24-15-12(6-10(17)7-13(15)18)16(23)19(8-14(21)22)11-4-2-3-5-11;1-10(19)23-14-7-6-11(17)8-13(14)16(22)18(9-15(20)21)12-4-2-3-5-12;1-2-3-4-5-8-6-7(9)10/h8-9,12H,4-7,10H2,1-3H3,(H,21,22);3-10H,11H2,1-2H3,(H,21,22);6-7,11H,2-5,8H2,1H3,(H,21,22);6-8,12H,2-5,9,17H2,1H3,(H,20,21);8H,2-6H2,1H3,(H,9,10). The summed E-state index contributed by atoms with van der Waals surface area (Å²) in [5.41, 5.74) is 9.65. The maximum Gasteiger partial charge on any atom is 0.323 e. The summed E-state index contributed by atoms with van der Waals surface area (Å²) in [4.78, 5) is 148. The average Bonchev–Trinajstić information content (AvgIpc) is 1.15. The molecule has 0 heterocycles. The first-order chi connectivity index (χ1) is 50.2. The summed E-state index contributed by atoms with van der Waals surface area (Å²) >= 11 is 20.3. The lowest BCUT2D eigenvalue weighted by Crippen LogP contribution is -2.42. The van der Waals surface area contributed by atoms with Crippen molar-refractivity contribution in [3.63, 3.8) is 0 Å². The Morgan fingerprint density at radius 1 is 0.528 bits per heavy atom. The van der Waals surface area contributed by atoms with Crippen molar-refractivity contribution in [1.29, 1.82) is 0 Å². The van der Waals surface area contributed by atoms with Crippen LogP contribution in [-0.2, 0) is 38.4 Å². The number of halogens is 2. The van der Waals surface area contributed by atoms with Crippen LogP contribution in [0, 0.1) is 6.92 Å². The minimum absolute atomic E-state index is 0.0739. The number of anilines is 2. The molecule has 3 aliphatic carbocycles. The van der Waals surface area contributed by atoms with Gasteiger partial charge in [-0.05, 0) is 137 Å². The molecule has 8 rings (SSSR count). The van der Waals surface area contributed by atoms with Crippen LogP contribution >= 0.6 is 70.7 Å². The predicted molar refractivity (Wildman–Crippen MR) is 414 cm³/mol. The van der Waals surface area contributed by atoms with Gasteiger partial charge in [-0.15, -0.1) is 0 Å². The number of rotatable bonds is 28. The lowest BCUT2D eigenvalue weighted by atomic mass is 10.0. The van der Waals surface area contributed by atoms with E-state index in [1.54, 1.807) is 42.5 Å². The molecular weight excluding hydrogens is 1490 g/mol. The first-order valence-electron chi connectivity index (χ1n) is 34.1. The number of ketones is 1. The minimum atomic E-state index is -1.08. The molecule has 106 heavy (non-hydrogen) atoms. The molecule has 3 aliphatic rings. The van der Waals surface area contributed by atoms with E-state index in [1.807, 2.05) is 31.2 Å². The zero-order valence-corrected chi connectivity index (χ0v) is 65.2. The first-order valence-corrected chi connectivity index (χ1v) is 37.7. The van der Waals surface area contributed by atoms with E-state index in [9.17, 15) is 67.7 Å². The highest BCUT2D eigenvalue weighted by molar-refractivity contribution is 8.14. The molecule has 0 aromatic heterocycles. The average molecular weight is 1580 g/mol. The van der Waals surface area contributed by atoms with Crippen molar-refractivity contribution in [2.45, 2.75) is 171 Å². The number of thioether (sulfide) groups is 3. The van der Waals surface area contributed by atoms with E-state index < -0.39 is 48.2 Å². The Labute approximate surface area is 644 Å². The number of nitrogens with one attached hydrogen (secondary N) is 1. The van der Waals surface area contributed by atoms with Gasteiger partial charge in [-0.1, -0.05) is 147 Å². The van der Waals surface area contributed by atoms with E-state index >= 15 is 0 Å². The largest absolute Gasteiger partial charge is 0.497 e. The Morgan fingerprint density at radius 3 is 1.41 bits per heavy atom. The number of hydrogen-bond donors (Lipinski definition) is 7. The summed E-state index contributed by atoms with van der Waals surface area (Å²) in [5.74, 6) is -5.60. The van der Waals surface area contributed by atoms with Gasteiger partial charge in [-0.2, -0.15) is 0 Å². The molecule has 0 saturated heterocycles. The maximum atomic E-state index is 13.2. The molecule has 5 aromatic rings. The fourth-order valence-corrected chi connectivity index (χ4v) is 14.9. The van der Waals surface area contributed by atoms with Gasteiger partial charge in [0, 0.05) is 82.3 Å². The van der Waals surface area contributed by atoms with Gasteiger partial charge in [0.2, 0.25) is 0 Å². The molecule has 0 spiro atoms. The number of aliphatic carboxylic acids is 5. The second-order valence-electron chi connectivity index (χ2n) is 24.8. The number of thiocarbonyl (C=S) groups is 1. The SMILES string of the molecule is CC(=O)Sc1c(Cl)cc(Cl)cc1C(=O)N(CC(=O)O)C1CCCC1.CC(=O)Sc1ccc(N)cc1C(=O)N(CC(=O)O)C1CCCC1.CC(=O)c1ccccc1C(=S)N(CC(=O)O)c1ccc(C)cc1.CCCCCNCC(=O)O.COc1cc(OC)c(SC(C)=O)c(C(=O)N(CC(=O)O)C2CCCC2)c1. The number of nitrogen functional groups attached to an aromatic ring is 1. The minimum Gasteiger partial charge on any atom is -0.497 e. The van der Waals surface area contributed by atoms with Crippen molar-refractivity contribution < 1.29 is 92.5 Å². The van der Waals surface area contributed by atoms with Gasteiger partial charge in [0.25, 0.3) is 17.7 Å². The van der Waals surface area contributed by atoms with E-state index in [1.165, 1.54) is 98.6 Å². The third kappa shape index (κ3) is 29.6. The molecule has 3 amide bonds. The van der Waals surface area contributed by atoms with Gasteiger partial charge in [0.05, 0.1) is 47.4 Å². The van der Waals surface area contributed by atoms with E-state index in [-0.39, 0.29) is 92.5 Å². The number of nitrogens with two attached hydrogens (primary N) is 1. The van der Waals surface area contributed by atoms with Crippen molar-refractivity contribution in [3.05, 3.63) is 134 Å². The molecule has 3 saturated carbocycles. The summed E-state index contributed by atoms with van der Waals surface area (Å²) in [6.07, 6.45) is 13.9. The molecule has 0 aliphatic heterocycles. The summed E-state index contributed by atoms with van der Waals surface area (Å²) in [6.45, 7) is 9.25. The van der Waals surface area contributed by atoms with Crippen molar-refractivity contribution in [1.82, 2.24) is 20.0 Å². The molecule has 31 heteroatoms. The van der Waals surface area contributed by atoms with Crippen LogP contribution in [0.3, 0.4) is 0 Å². The Kier molecular flexibility index (Phi) is 38.8. The van der Waals surface area contributed by atoms with Gasteiger partial charge in [-0.25, -0.2) is 0 Å². The van der Waals surface area contributed by atoms with Crippen LogP contribution in [-0.4, -0.2) is 186 Å². The quantitative estimate of drug-likeness (QED) is 0.00804. The Morgan fingerprint density at radius 2 is 0.981 bits per heavy atom. The van der Waals surface area contributed by atoms with Crippen molar-refractivity contribution >= 4 is 156 Å². The van der Waals surface area contributed by atoms with Crippen LogP contribution in [0.4, 0.5) is 11.4 Å². The number of benzene rings is 5. The monoisotopic (exact) mass is 1580 g/mol. The maximum absolute atomic E-state index is 13.2. The molecule has 0 unspecified atom stereocenters. The molecule has 0 radical (unpaired) electrons. The lowest BCUT2D eigenvalue weighted by molar-refractivity contribution is -0.139. The van der Waals surface area contributed by atoms with Crippen LogP contribution in [0.1, 0.15) is 183 Å². The van der Waals surface area contributed by atoms with Gasteiger partial charge < -0.3 is 65.7 Å². The summed E-state index contributed by atoms with van der Waals surface area (Å²) in [5, 5.41) is 47.7. The Bertz CT molecular complexity index is 3940. The third-order valence-corrected chi connectivity index (χ3v) is 20.4. The number of carbonyl (C=O) groups is 12. The van der Waals surface area contributed by atoms with Crippen molar-refractivity contribution in [2.24, 2.45) is 0 Å². The van der Waals surface area contributed by atoms with Crippen LogP contribution in [0.25, 0.3) is 0 Å². The van der Waals surface area contributed by atoms with E-state index in [2.05, 4.69) is 12.2 Å². The molecule has 5 aromatic carbocycles. The number of carboxylic acid groups (broad SMARTS) is 5. The van der Waals surface area contributed by atoms with E-state index in [4.69, 9.17) is 65.9 Å². The zero-order chi connectivity index (χ0) is 78.9. The summed E-state index contributed by atoms with van der Waals surface area (Å²) in [7, 11) is 2.91. The number of hydrogen-bond acceptors (Lipinski definition) is 20. The van der Waals surface area contributed by atoms with Gasteiger partial charge in [0.1, 0.15) is 42.7 Å². The normalized spacial score (nSPS) is 13.1. The van der Waals surface area contributed by atoms with Crippen molar-refractivity contribution in [2.75, 3.05) is 64.1 Å². The number of methoxy groups -OCH3 is 2. The smallest absolute Gasteiger partial charge is 0.323 e. The Balaban J connectivity index is 0.000000287. The number of unbranched alkanes of at least 4 members (excludes halogenated alkanes) is 2. The highest BCUT2D eigenvalue weighted by Crippen LogP contribution is 2.40. The zero-order valence-electron chi connectivity index (χ0n) is 60.4. The second kappa shape index (κ2) is 45.8. The van der Waals surface area contributed by atoms with Crippen LogP contribution in [0.5, 0.6) is 11.5 Å². The number of nitrogens with zero attached hydrogens (tertiary/aromatic N) is 4. The molecule has 0 atom stereocenters. The fourth-order valence-electron chi connectivity index (χ4n) is 11.8. The lowest BCUT2D eigenvalue weighted by Gasteiger charge is -2.28. The number of Topliss-reactive ketones (excluding diaryl/α,β-unsaturated/α-hetero) is 1. The summed E-state index contributed by atoms with van der Waals surface area (Å²) in [6, 6.07) is 24.9. The Hall–Kier alpha value is -8.58. The molecule has 574 valence electrons. The van der Waals surface area contributed by atoms with Gasteiger partial charge >= 0.3 is 29.8 Å². The van der Waals surface area contributed by atoms with Crippen molar-refractivity contribution in [3.8, 4) is 11.5 Å². The second-order valence-corrected chi connectivity index (χ2v) is 29.6. The first kappa shape index (κ1) is 89.8. The number of ether oxygens (including phenoxy) is 2. The van der Waals surface area contributed by atoms with Crippen LogP contribution in [0.2, 0.25) is 10.0 Å². The summed E-state index contributed by atoms with van der Waals surface area (Å²) < 4.78 is 10.6. The predicted octanol–water partition coefficient (Wildman–Crippen LogP) is 13.6. The number of amides is 3. The highest BCUT2D eigenvalue weighted by Gasteiger charge is 2.35. The molecule has 8 N–H and O–H groups in total. The van der Waals surface area contributed by atoms with Gasteiger partial charge in [0.15, 0.2) is 21.1 Å². The number of carboxylic acids is 5. The fraction of sp³-hybridized carbons (Fsp3) is 0.427. The molecule has 25 nitrogen and oxygen atoms in total. The third-order valence-electron chi connectivity index (χ3n) is 16.6. The van der Waals surface area contributed by atoms with Gasteiger partial charge in [-0.3, -0.25) is 57.5 Å². The molecular formula is C75H92Cl2N6O19S4.